The Morgan fingerprint density at radius 3 is 2.76 bits per heavy atom. The van der Waals surface area contributed by atoms with Crippen LogP contribution >= 0.6 is 0 Å². The van der Waals surface area contributed by atoms with E-state index in [9.17, 15) is 4.79 Å². The number of nitrogens with one attached hydrogen (secondary N) is 1. The number of ether oxygens (including phenoxy) is 1. The molecule has 1 aromatic rings. The molecule has 0 bridgehead atoms. The van der Waals surface area contributed by atoms with Crippen LogP contribution in [-0.2, 0) is 4.74 Å². The first-order chi connectivity index (χ1) is 12.1. The number of nitrogens with zero attached hydrogens (tertiary/aromatic N) is 4. The summed E-state index contributed by atoms with van der Waals surface area (Å²) in [7, 11) is 0. The van der Waals surface area contributed by atoms with Gasteiger partial charge in [0.05, 0.1) is 6.10 Å². The number of hydrogen-bond acceptors (Lipinski definition) is 5. The third-order valence-corrected chi connectivity index (χ3v) is 5.19. The minimum Gasteiger partial charge on any atom is -0.378 e. The Morgan fingerprint density at radius 2 is 2.04 bits per heavy atom. The summed E-state index contributed by atoms with van der Waals surface area (Å²) in [5.74, 6) is 0.988. The Bertz CT molecular complexity index is 581. The quantitative estimate of drug-likeness (QED) is 0.900. The molecule has 2 amide bonds. The molecule has 7 heteroatoms. The maximum atomic E-state index is 12.3. The van der Waals surface area contributed by atoms with Crippen molar-refractivity contribution in [2.24, 2.45) is 0 Å². The second-order valence-electron chi connectivity index (χ2n) is 6.89. The molecule has 3 heterocycles. The van der Waals surface area contributed by atoms with E-state index < -0.39 is 0 Å². The number of hydrogen-bond donors (Lipinski definition) is 1. The van der Waals surface area contributed by atoms with Crippen molar-refractivity contribution in [3.63, 3.8) is 0 Å². The van der Waals surface area contributed by atoms with Gasteiger partial charge in [-0.3, -0.25) is 0 Å². The first kappa shape index (κ1) is 17.9. The zero-order valence-corrected chi connectivity index (χ0v) is 15.3. The fraction of sp³-hybridized carbons (Fsp3) is 0.722. The number of rotatable bonds is 4. The summed E-state index contributed by atoms with van der Waals surface area (Å²) in [5.41, 5.74) is 2.13. The third kappa shape index (κ3) is 4.60. The number of carbonyl (C=O) groups is 1. The van der Waals surface area contributed by atoms with Crippen LogP contribution in [0.4, 0.5) is 10.6 Å². The number of anilines is 1. The Balaban J connectivity index is 1.42. The van der Waals surface area contributed by atoms with E-state index in [2.05, 4.69) is 27.1 Å². The largest absolute Gasteiger partial charge is 0.378 e. The highest BCUT2D eigenvalue weighted by atomic mass is 16.5. The van der Waals surface area contributed by atoms with Crippen molar-refractivity contribution in [1.29, 1.82) is 0 Å². The number of amides is 2. The van der Waals surface area contributed by atoms with Gasteiger partial charge < -0.3 is 19.9 Å². The summed E-state index contributed by atoms with van der Waals surface area (Å²) in [4.78, 5) is 25.1. The molecule has 1 atom stereocenters. The SMILES string of the molecule is Cc1ncnc(N2CCN(C(=O)NCC[C@@H]3CCCCO3)CC2)c1C. The van der Waals surface area contributed by atoms with Crippen molar-refractivity contribution >= 4 is 11.8 Å². The fourth-order valence-electron chi connectivity index (χ4n) is 3.45. The molecule has 0 saturated carbocycles. The van der Waals surface area contributed by atoms with Crippen molar-refractivity contribution in [2.45, 2.75) is 45.6 Å². The minimum absolute atomic E-state index is 0.0334. The third-order valence-electron chi connectivity index (χ3n) is 5.19. The molecule has 1 aromatic heterocycles. The zero-order valence-electron chi connectivity index (χ0n) is 15.3. The molecule has 2 aliphatic rings. The summed E-state index contributed by atoms with van der Waals surface area (Å²) in [6.07, 6.45) is 6.36. The molecule has 0 aliphatic carbocycles. The van der Waals surface area contributed by atoms with Crippen LogP contribution in [0.3, 0.4) is 0 Å². The van der Waals surface area contributed by atoms with Crippen molar-refractivity contribution in [3.05, 3.63) is 17.6 Å². The fourth-order valence-corrected chi connectivity index (χ4v) is 3.45. The molecule has 0 aromatic carbocycles. The summed E-state index contributed by atoms with van der Waals surface area (Å²) >= 11 is 0. The molecule has 2 fully saturated rings. The van der Waals surface area contributed by atoms with Gasteiger partial charge in [-0.15, -0.1) is 0 Å². The van der Waals surface area contributed by atoms with Crippen molar-refractivity contribution in [2.75, 3.05) is 44.2 Å². The van der Waals surface area contributed by atoms with Gasteiger partial charge in [0.15, 0.2) is 0 Å². The number of carbonyl (C=O) groups excluding carboxylic acids is 1. The monoisotopic (exact) mass is 347 g/mol. The first-order valence-electron chi connectivity index (χ1n) is 9.32. The molecule has 7 nitrogen and oxygen atoms in total. The summed E-state index contributed by atoms with van der Waals surface area (Å²) in [5, 5.41) is 3.04. The maximum absolute atomic E-state index is 12.3. The van der Waals surface area contributed by atoms with Crippen LogP contribution in [0.25, 0.3) is 0 Å². The minimum atomic E-state index is 0.0334. The Kier molecular flexibility index (Phi) is 6.07. The predicted octanol–water partition coefficient (Wildman–Crippen LogP) is 1.88. The highest BCUT2D eigenvalue weighted by Crippen LogP contribution is 2.19. The van der Waals surface area contributed by atoms with Gasteiger partial charge in [0.1, 0.15) is 12.1 Å². The molecule has 2 aliphatic heterocycles. The lowest BCUT2D eigenvalue weighted by Crippen LogP contribution is -2.52. The predicted molar refractivity (Wildman–Crippen MR) is 96.9 cm³/mol. The molecule has 2 saturated heterocycles. The smallest absolute Gasteiger partial charge is 0.317 e. The van der Waals surface area contributed by atoms with Gasteiger partial charge in [0.25, 0.3) is 0 Å². The Morgan fingerprint density at radius 1 is 1.24 bits per heavy atom. The molecular weight excluding hydrogens is 318 g/mol. The molecule has 25 heavy (non-hydrogen) atoms. The second-order valence-corrected chi connectivity index (χ2v) is 6.89. The van der Waals surface area contributed by atoms with Crippen molar-refractivity contribution in [3.8, 4) is 0 Å². The lowest BCUT2D eigenvalue weighted by Gasteiger charge is -2.36. The molecule has 1 N–H and O–H groups in total. The molecule has 3 rings (SSSR count). The highest BCUT2D eigenvalue weighted by Gasteiger charge is 2.23. The second kappa shape index (κ2) is 8.47. The van der Waals surface area contributed by atoms with Gasteiger partial charge in [-0.05, 0) is 39.5 Å². The van der Waals surface area contributed by atoms with Crippen molar-refractivity contribution in [1.82, 2.24) is 20.2 Å². The van der Waals surface area contributed by atoms with E-state index in [4.69, 9.17) is 4.74 Å². The van der Waals surface area contributed by atoms with Gasteiger partial charge in [-0.1, -0.05) is 0 Å². The van der Waals surface area contributed by atoms with Crippen LogP contribution in [0.1, 0.15) is 36.9 Å². The molecule has 0 spiro atoms. The lowest BCUT2D eigenvalue weighted by atomic mass is 10.1. The molecule has 138 valence electrons. The first-order valence-corrected chi connectivity index (χ1v) is 9.32. The molecular formula is C18H29N5O2. The maximum Gasteiger partial charge on any atom is 0.317 e. The summed E-state index contributed by atoms with van der Waals surface area (Å²) in [6.45, 7) is 8.64. The number of aromatic nitrogens is 2. The van der Waals surface area contributed by atoms with E-state index in [-0.39, 0.29) is 6.03 Å². The number of urea groups is 1. The highest BCUT2D eigenvalue weighted by molar-refractivity contribution is 5.74. The lowest BCUT2D eigenvalue weighted by molar-refractivity contribution is 0.0118. The van der Waals surface area contributed by atoms with E-state index in [1.54, 1.807) is 6.33 Å². The van der Waals surface area contributed by atoms with Crippen LogP contribution in [0, 0.1) is 13.8 Å². The van der Waals surface area contributed by atoms with Crippen LogP contribution < -0.4 is 10.2 Å². The Hall–Kier alpha value is -1.89. The Labute approximate surface area is 149 Å². The van der Waals surface area contributed by atoms with Gasteiger partial charge in [-0.2, -0.15) is 0 Å². The van der Waals surface area contributed by atoms with E-state index in [1.807, 2.05) is 11.8 Å². The van der Waals surface area contributed by atoms with E-state index >= 15 is 0 Å². The van der Waals surface area contributed by atoms with E-state index in [1.165, 1.54) is 12.8 Å². The van der Waals surface area contributed by atoms with Crippen LogP contribution in [-0.4, -0.2) is 66.3 Å². The van der Waals surface area contributed by atoms with Gasteiger partial charge in [0, 0.05) is 50.6 Å². The van der Waals surface area contributed by atoms with Gasteiger partial charge in [0.2, 0.25) is 0 Å². The summed E-state index contributed by atoms with van der Waals surface area (Å²) in [6, 6.07) is 0.0334. The van der Waals surface area contributed by atoms with Crippen LogP contribution in [0.15, 0.2) is 6.33 Å². The van der Waals surface area contributed by atoms with Crippen LogP contribution in [0.5, 0.6) is 0 Å². The normalized spacial score (nSPS) is 21.3. The average Bonchev–Trinajstić information content (AvgIpc) is 2.65. The van der Waals surface area contributed by atoms with E-state index in [0.717, 1.165) is 49.6 Å². The summed E-state index contributed by atoms with van der Waals surface area (Å²) < 4.78 is 5.71. The van der Waals surface area contributed by atoms with Crippen LogP contribution in [0.2, 0.25) is 0 Å². The topological polar surface area (TPSA) is 70.6 Å². The molecule has 0 unspecified atom stereocenters. The van der Waals surface area contributed by atoms with Crippen molar-refractivity contribution < 1.29 is 9.53 Å². The van der Waals surface area contributed by atoms with E-state index in [0.29, 0.717) is 25.7 Å². The average molecular weight is 347 g/mol. The standard InChI is InChI=1S/C18H29N5O2/c1-14-15(2)20-13-21-17(14)22-8-10-23(11-9-22)18(24)19-7-6-16-5-3-4-12-25-16/h13,16H,3-12H2,1-2H3,(H,19,24)/t16-/m0/s1. The number of piperazine rings is 1. The molecule has 0 radical (unpaired) electrons. The van der Waals surface area contributed by atoms with Gasteiger partial charge >= 0.3 is 6.03 Å². The number of aryl methyl sites for hydroxylation is 1. The zero-order chi connectivity index (χ0) is 17.6. The van der Waals surface area contributed by atoms with Gasteiger partial charge in [-0.25, -0.2) is 14.8 Å².